The zero-order valence-corrected chi connectivity index (χ0v) is 12.3. The number of amides is 1. The van der Waals surface area contributed by atoms with Crippen molar-refractivity contribution in [2.45, 2.75) is 38.1 Å². The first-order valence-corrected chi connectivity index (χ1v) is 7.62. The number of carbonyl (C=O) groups excluding carboxylic acids is 1. The molecule has 5 nitrogen and oxygen atoms in total. The Morgan fingerprint density at radius 2 is 2.18 bits per heavy atom. The van der Waals surface area contributed by atoms with E-state index in [1.165, 1.54) is 6.42 Å². The Hall–Kier alpha value is -2.61. The Morgan fingerprint density at radius 1 is 1.36 bits per heavy atom. The third-order valence-electron chi connectivity index (χ3n) is 4.04. The van der Waals surface area contributed by atoms with Gasteiger partial charge in [0.2, 0.25) is 0 Å². The summed E-state index contributed by atoms with van der Waals surface area (Å²) < 4.78 is 1.85. The molecule has 1 amide bonds. The first kappa shape index (κ1) is 14.3. The van der Waals surface area contributed by atoms with E-state index in [0.29, 0.717) is 0 Å². The lowest BCUT2D eigenvalue weighted by atomic mass is 9.95. The van der Waals surface area contributed by atoms with Crippen molar-refractivity contribution in [1.82, 2.24) is 14.7 Å². The molecule has 0 bridgehead atoms. The van der Waals surface area contributed by atoms with E-state index in [0.717, 1.165) is 37.0 Å². The Bertz CT molecular complexity index is 747. The fourth-order valence-corrected chi connectivity index (χ4v) is 2.87. The highest BCUT2D eigenvalue weighted by molar-refractivity contribution is 6.01. The summed E-state index contributed by atoms with van der Waals surface area (Å²) >= 11 is 0. The van der Waals surface area contributed by atoms with Crippen LogP contribution in [0.15, 0.2) is 36.2 Å². The highest BCUT2D eigenvalue weighted by Gasteiger charge is 2.18. The summed E-state index contributed by atoms with van der Waals surface area (Å²) in [6.45, 7) is 0. The Kier molecular flexibility index (Phi) is 4.19. The number of fused-ring (bicyclic) bond motifs is 1. The van der Waals surface area contributed by atoms with Crippen molar-refractivity contribution in [3.05, 3.63) is 41.9 Å². The molecule has 1 N–H and O–H groups in total. The fraction of sp³-hybridized carbons (Fsp3) is 0.353. The molecule has 22 heavy (non-hydrogen) atoms. The van der Waals surface area contributed by atoms with Gasteiger partial charge in [-0.2, -0.15) is 5.26 Å². The molecule has 0 spiro atoms. The van der Waals surface area contributed by atoms with Gasteiger partial charge in [0, 0.05) is 12.2 Å². The number of aromatic nitrogens is 2. The van der Waals surface area contributed by atoms with Crippen LogP contribution in [-0.2, 0) is 4.79 Å². The van der Waals surface area contributed by atoms with Crippen LogP contribution in [0, 0.1) is 11.3 Å². The predicted molar refractivity (Wildman–Crippen MR) is 83.8 cm³/mol. The molecule has 1 fully saturated rings. The lowest BCUT2D eigenvalue weighted by molar-refractivity contribution is -0.117. The van der Waals surface area contributed by atoms with Crippen LogP contribution in [0.5, 0.6) is 0 Å². The summed E-state index contributed by atoms with van der Waals surface area (Å²) in [6.07, 6.45) is 10.6. The van der Waals surface area contributed by atoms with E-state index in [4.69, 9.17) is 0 Å². The molecular formula is C17H18N4O. The Balaban J connectivity index is 1.80. The SMILES string of the molecule is N#C/C(=C\c1cnc2ccccn12)C(=O)NC1CCCCC1. The van der Waals surface area contributed by atoms with Crippen LogP contribution in [0.25, 0.3) is 11.7 Å². The molecule has 0 unspecified atom stereocenters. The van der Waals surface area contributed by atoms with Crippen molar-refractivity contribution in [2.75, 3.05) is 0 Å². The summed E-state index contributed by atoms with van der Waals surface area (Å²) in [5, 5.41) is 12.3. The number of carbonyl (C=O) groups is 1. The third-order valence-corrected chi connectivity index (χ3v) is 4.04. The molecule has 0 saturated heterocycles. The number of hydrogen-bond acceptors (Lipinski definition) is 3. The smallest absolute Gasteiger partial charge is 0.262 e. The van der Waals surface area contributed by atoms with E-state index in [-0.39, 0.29) is 17.5 Å². The van der Waals surface area contributed by atoms with Crippen LogP contribution in [0.2, 0.25) is 0 Å². The van der Waals surface area contributed by atoms with Crippen LogP contribution in [0.3, 0.4) is 0 Å². The van der Waals surface area contributed by atoms with Gasteiger partial charge in [-0.1, -0.05) is 25.3 Å². The van der Waals surface area contributed by atoms with Crippen LogP contribution < -0.4 is 5.32 Å². The van der Waals surface area contributed by atoms with E-state index < -0.39 is 0 Å². The predicted octanol–water partition coefficient (Wildman–Crippen LogP) is 2.69. The van der Waals surface area contributed by atoms with Crippen molar-refractivity contribution in [1.29, 1.82) is 5.26 Å². The molecule has 0 atom stereocenters. The molecule has 2 aromatic rings. The van der Waals surface area contributed by atoms with Crippen molar-refractivity contribution in [3.8, 4) is 6.07 Å². The van der Waals surface area contributed by atoms with Gasteiger partial charge >= 0.3 is 0 Å². The van der Waals surface area contributed by atoms with Crippen LogP contribution in [0.4, 0.5) is 0 Å². The van der Waals surface area contributed by atoms with Crippen LogP contribution in [-0.4, -0.2) is 21.3 Å². The van der Waals surface area contributed by atoms with E-state index in [9.17, 15) is 10.1 Å². The number of nitrogens with one attached hydrogen (secondary N) is 1. The van der Waals surface area contributed by atoms with E-state index in [2.05, 4.69) is 10.3 Å². The second-order valence-corrected chi connectivity index (χ2v) is 5.59. The van der Waals surface area contributed by atoms with E-state index in [1.54, 1.807) is 12.3 Å². The summed E-state index contributed by atoms with van der Waals surface area (Å²) in [7, 11) is 0. The standard InChI is InChI=1S/C17H18N4O/c18-11-13(17(22)20-14-6-2-1-3-7-14)10-15-12-19-16-8-4-5-9-21(15)16/h4-5,8-10,12,14H,1-3,6-7H2,(H,20,22)/b13-10+. The highest BCUT2D eigenvalue weighted by Crippen LogP contribution is 2.18. The third kappa shape index (κ3) is 3.01. The zero-order valence-electron chi connectivity index (χ0n) is 12.3. The minimum atomic E-state index is -0.291. The average Bonchev–Trinajstić information content (AvgIpc) is 2.96. The van der Waals surface area contributed by atoms with Crippen molar-refractivity contribution in [2.24, 2.45) is 0 Å². The second kappa shape index (κ2) is 6.44. The van der Waals surface area contributed by atoms with Gasteiger partial charge in [0.25, 0.3) is 5.91 Å². The Labute approximate surface area is 129 Å². The van der Waals surface area contributed by atoms with Gasteiger partial charge in [-0.05, 0) is 31.1 Å². The number of imidazole rings is 1. The van der Waals surface area contributed by atoms with E-state index in [1.807, 2.05) is 34.9 Å². The second-order valence-electron chi connectivity index (χ2n) is 5.59. The molecule has 112 valence electrons. The van der Waals surface area contributed by atoms with Gasteiger partial charge in [0.05, 0.1) is 11.9 Å². The monoisotopic (exact) mass is 294 g/mol. The van der Waals surface area contributed by atoms with Crippen molar-refractivity contribution >= 4 is 17.6 Å². The van der Waals surface area contributed by atoms with Gasteiger partial charge in [-0.3, -0.25) is 4.79 Å². The summed E-state index contributed by atoms with van der Waals surface area (Å²) in [5.74, 6) is -0.291. The largest absolute Gasteiger partial charge is 0.349 e. The molecule has 1 aliphatic carbocycles. The molecular weight excluding hydrogens is 276 g/mol. The maximum Gasteiger partial charge on any atom is 0.262 e. The van der Waals surface area contributed by atoms with Gasteiger partial charge in [-0.15, -0.1) is 0 Å². The minimum Gasteiger partial charge on any atom is -0.349 e. The normalized spacial score (nSPS) is 16.4. The molecule has 0 radical (unpaired) electrons. The lowest BCUT2D eigenvalue weighted by Gasteiger charge is -2.22. The van der Waals surface area contributed by atoms with Crippen molar-refractivity contribution < 1.29 is 4.79 Å². The van der Waals surface area contributed by atoms with Crippen molar-refractivity contribution in [3.63, 3.8) is 0 Å². The van der Waals surface area contributed by atoms with Gasteiger partial charge in [0.15, 0.2) is 0 Å². The van der Waals surface area contributed by atoms with Gasteiger partial charge in [-0.25, -0.2) is 4.98 Å². The molecule has 0 aromatic carbocycles. The maximum absolute atomic E-state index is 12.3. The molecule has 5 heteroatoms. The van der Waals surface area contributed by atoms with Gasteiger partial charge < -0.3 is 9.72 Å². The zero-order chi connectivity index (χ0) is 15.4. The quantitative estimate of drug-likeness (QED) is 0.699. The summed E-state index contributed by atoms with van der Waals surface area (Å²) in [6, 6.07) is 7.87. The first-order chi connectivity index (χ1) is 10.8. The van der Waals surface area contributed by atoms with Crippen LogP contribution >= 0.6 is 0 Å². The molecule has 0 aliphatic heterocycles. The molecule has 2 heterocycles. The first-order valence-electron chi connectivity index (χ1n) is 7.62. The topological polar surface area (TPSA) is 70.2 Å². The molecule has 1 aliphatic rings. The Morgan fingerprint density at radius 3 is 2.95 bits per heavy atom. The number of nitriles is 1. The lowest BCUT2D eigenvalue weighted by Crippen LogP contribution is -2.36. The number of pyridine rings is 1. The maximum atomic E-state index is 12.3. The van der Waals surface area contributed by atoms with E-state index >= 15 is 0 Å². The van der Waals surface area contributed by atoms with Crippen LogP contribution in [0.1, 0.15) is 37.8 Å². The summed E-state index contributed by atoms with van der Waals surface area (Å²) in [5.41, 5.74) is 1.64. The highest BCUT2D eigenvalue weighted by atomic mass is 16.1. The number of rotatable bonds is 3. The summed E-state index contributed by atoms with van der Waals surface area (Å²) in [4.78, 5) is 16.5. The number of hydrogen-bond donors (Lipinski definition) is 1. The number of nitrogens with zero attached hydrogens (tertiary/aromatic N) is 3. The molecule has 1 saturated carbocycles. The fourth-order valence-electron chi connectivity index (χ4n) is 2.87. The van der Waals surface area contributed by atoms with Gasteiger partial charge in [0.1, 0.15) is 17.3 Å². The average molecular weight is 294 g/mol. The minimum absolute atomic E-state index is 0.122. The molecule has 2 aromatic heterocycles. The molecule has 3 rings (SSSR count).